The van der Waals surface area contributed by atoms with Gasteiger partial charge in [-0.25, -0.2) is 0 Å². The topological polar surface area (TPSA) is 29.3 Å². The van der Waals surface area contributed by atoms with Gasteiger partial charge in [0, 0.05) is 25.2 Å². The minimum atomic E-state index is 0.436. The SMILES string of the molecule is Cc1ccc(C(CN)N2CC3CCC2C3)cc1. The summed E-state index contributed by atoms with van der Waals surface area (Å²) in [7, 11) is 0. The van der Waals surface area contributed by atoms with Gasteiger partial charge in [0.15, 0.2) is 0 Å². The summed E-state index contributed by atoms with van der Waals surface area (Å²) in [5, 5.41) is 0. The molecule has 1 saturated carbocycles. The van der Waals surface area contributed by atoms with Crippen LogP contribution in [0.25, 0.3) is 0 Å². The number of benzene rings is 1. The van der Waals surface area contributed by atoms with Crippen LogP contribution in [0.3, 0.4) is 0 Å². The molecule has 17 heavy (non-hydrogen) atoms. The van der Waals surface area contributed by atoms with Gasteiger partial charge in [-0.15, -0.1) is 0 Å². The maximum absolute atomic E-state index is 6.01. The Balaban J connectivity index is 1.81. The number of likely N-dealkylation sites (tertiary alicyclic amines) is 1. The van der Waals surface area contributed by atoms with Crippen molar-refractivity contribution in [3.63, 3.8) is 0 Å². The molecule has 0 aromatic heterocycles. The molecule has 2 heteroatoms. The maximum Gasteiger partial charge on any atom is 0.0473 e. The van der Waals surface area contributed by atoms with Crippen LogP contribution in [0.5, 0.6) is 0 Å². The van der Waals surface area contributed by atoms with Crippen LogP contribution in [0, 0.1) is 12.8 Å². The summed E-state index contributed by atoms with van der Waals surface area (Å²) in [5.74, 6) is 0.944. The summed E-state index contributed by atoms with van der Waals surface area (Å²) in [6.07, 6.45) is 4.22. The third-order valence-corrected chi connectivity index (χ3v) is 4.54. The lowest BCUT2D eigenvalue weighted by Gasteiger charge is -2.34. The Morgan fingerprint density at radius 2 is 2.06 bits per heavy atom. The zero-order valence-electron chi connectivity index (χ0n) is 10.6. The molecule has 3 unspecified atom stereocenters. The number of nitrogens with two attached hydrogens (primary N) is 1. The van der Waals surface area contributed by atoms with Crippen LogP contribution in [0.1, 0.15) is 36.4 Å². The van der Waals surface area contributed by atoms with E-state index in [1.165, 1.54) is 36.9 Å². The van der Waals surface area contributed by atoms with Crippen LogP contribution >= 0.6 is 0 Å². The second kappa shape index (κ2) is 4.43. The molecule has 0 spiro atoms. The molecule has 3 rings (SSSR count). The molecule has 2 nitrogen and oxygen atoms in total. The molecule has 2 fully saturated rings. The van der Waals surface area contributed by atoms with E-state index in [1.54, 1.807) is 0 Å². The highest BCUT2D eigenvalue weighted by Crippen LogP contribution is 2.41. The molecular weight excluding hydrogens is 208 g/mol. The summed E-state index contributed by atoms with van der Waals surface area (Å²) in [6, 6.07) is 10.1. The van der Waals surface area contributed by atoms with E-state index in [4.69, 9.17) is 5.73 Å². The number of hydrogen-bond acceptors (Lipinski definition) is 2. The van der Waals surface area contributed by atoms with Crippen LogP contribution in [-0.2, 0) is 0 Å². The molecule has 92 valence electrons. The molecule has 2 bridgehead atoms. The molecular formula is C15H22N2. The van der Waals surface area contributed by atoms with Crippen molar-refractivity contribution in [2.75, 3.05) is 13.1 Å². The highest BCUT2D eigenvalue weighted by molar-refractivity contribution is 5.25. The first kappa shape index (κ1) is 11.2. The molecule has 0 radical (unpaired) electrons. The number of fused-ring (bicyclic) bond motifs is 2. The van der Waals surface area contributed by atoms with E-state index in [9.17, 15) is 0 Å². The van der Waals surface area contributed by atoms with Gasteiger partial charge >= 0.3 is 0 Å². The molecule has 2 N–H and O–H groups in total. The Kier molecular flexibility index (Phi) is 2.93. The fraction of sp³-hybridized carbons (Fsp3) is 0.600. The number of aryl methyl sites for hydroxylation is 1. The number of hydrogen-bond donors (Lipinski definition) is 1. The van der Waals surface area contributed by atoms with E-state index in [1.807, 2.05) is 0 Å². The number of rotatable bonds is 3. The molecule has 2 aliphatic rings. The standard InChI is InChI=1S/C15H22N2/c1-11-2-5-13(6-3-11)15(9-16)17-10-12-4-7-14(17)8-12/h2-3,5-6,12,14-15H,4,7-10,16H2,1H3. The minimum Gasteiger partial charge on any atom is -0.329 e. The van der Waals surface area contributed by atoms with Gasteiger partial charge in [0.05, 0.1) is 0 Å². The molecule has 1 aromatic rings. The van der Waals surface area contributed by atoms with Crippen molar-refractivity contribution in [3.05, 3.63) is 35.4 Å². The lowest BCUT2D eigenvalue weighted by molar-refractivity contribution is 0.153. The van der Waals surface area contributed by atoms with Gasteiger partial charge in [-0.1, -0.05) is 29.8 Å². The van der Waals surface area contributed by atoms with Crippen molar-refractivity contribution in [1.29, 1.82) is 0 Å². The van der Waals surface area contributed by atoms with Gasteiger partial charge in [0.1, 0.15) is 0 Å². The normalized spacial score (nSPS) is 29.8. The Bertz CT molecular complexity index is 384. The fourth-order valence-electron chi connectivity index (χ4n) is 3.60. The summed E-state index contributed by atoms with van der Waals surface area (Å²) in [6.45, 7) is 4.14. The average molecular weight is 230 g/mol. The van der Waals surface area contributed by atoms with Crippen molar-refractivity contribution in [3.8, 4) is 0 Å². The van der Waals surface area contributed by atoms with Crippen molar-refractivity contribution in [1.82, 2.24) is 4.90 Å². The second-order valence-corrected chi connectivity index (χ2v) is 5.69. The maximum atomic E-state index is 6.01. The third-order valence-electron chi connectivity index (χ3n) is 4.54. The monoisotopic (exact) mass is 230 g/mol. The lowest BCUT2D eigenvalue weighted by atomic mass is 10.0. The summed E-state index contributed by atoms with van der Waals surface area (Å²) >= 11 is 0. The molecule has 1 saturated heterocycles. The van der Waals surface area contributed by atoms with Crippen LogP contribution in [-0.4, -0.2) is 24.0 Å². The van der Waals surface area contributed by atoms with E-state index in [0.29, 0.717) is 6.04 Å². The summed E-state index contributed by atoms with van der Waals surface area (Å²) in [5.41, 5.74) is 8.73. The van der Waals surface area contributed by atoms with Gasteiger partial charge < -0.3 is 5.73 Å². The first-order valence-corrected chi connectivity index (χ1v) is 6.80. The predicted molar refractivity (Wildman–Crippen MR) is 70.8 cm³/mol. The van der Waals surface area contributed by atoms with Crippen LogP contribution in [0.15, 0.2) is 24.3 Å². The summed E-state index contributed by atoms with van der Waals surface area (Å²) < 4.78 is 0. The number of piperidine rings is 1. The highest BCUT2D eigenvalue weighted by atomic mass is 15.2. The molecule has 1 aliphatic heterocycles. The van der Waals surface area contributed by atoms with Gasteiger partial charge in [-0.05, 0) is 37.7 Å². The third kappa shape index (κ3) is 2.00. The zero-order valence-corrected chi connectivity index (χ0v) is 10.6. The zero-order chi connectivity index (χ0) is 11.8. The minimum absolute atomic E-state index is 0.436. The van der Waals surface area contributed by atoms with Gasteiger partial charge in [0.2, 0.25) is 0 Å². The van der Waals surface area contributed by atoms with Crippen molar-refractivity contribution in [2.45, 2.75) is 38.3 Å². The lowest BCUT2D eigenvalue weighted by Crippen LogP contribution is -2.39. The first-order chi connectivity index (χ1) is 8.28. The smallest absolute Gasteiger partial charge is 0.0473 e. The highest BCUT2D eigenvalue weighted by Gasteiger charge is 2.40. The molecule has 1 aliphatic carbocycles. The predicted octanol–water partition coefficient (Wildman–Crippen LogP) is 2.48. The Morgan fingerprint density at radius 1 is 1.29 bits per heavy atom. The average Bonchev–Trinajstić information content (AvgIpc) is 2.95. The first-order valence-electron chi connectivity index (χ1n) is 6.80. The van der Waals surface area contributed by atoms with Crippen molar-refractivity contribution in [2.24, 2.45) is 11.7 Å². The quantitative estimate of drug-likeness (QED) is 0.864. The summed E-state index contributed by atoms with van der Waals surface area (Å²) in [4.78, 5) is 2.65. The van der Waals surface area contributed by atoms with Gasteiger partial charge in [0.25, 0.3) is 0 Å². The van der Waals surface area contributed by atoms with E-state index in [0.717, 1.165) is 18.5 Å². The molecule has 1 heterocycles. The Hall–Kier alpha value is -0.860. The fourth-order valence-corrected chi connectivity index (χ4v) is 3.60. The van der Waals surface area contributed by atoms with Crippen LogP contribution in [0.2, 0.25) is 0 Å². The Morgan fingerprint density at radius 3 is 2.59 bits per heavy atom. The van der Waals surface area contributed by atoms with E-state index < -0.39 is 0 Å². The van der Waals surface area contributed by atoms with Crippen LogP contribution in [0.4, 0.5) is 0 Å². The molecule has 1 aromatic carbocycles. The molecule has 3 atom stereocenters. The Labute approximate surface area is 104 Å². The van der Waals surface area contributed by atoms with Gasteiger partial charge in [-0.2, -0.15) is 0 Å². The number of nitrogens with zero attached hydrogens (tertiary/aromatic N) is 1. The van der Waals surface area contributed by atoms with Crippen LogP contribution < -0.4 is 5.73 Å². The van der Waals surface area contributed by atoms with E-state index in [-0.39, 0.29) is 0 Å². The van der Waals surface area contributed by atoms with Gasteiger partial charge in [-0.3, -0.25) is 4.90 Å². The van der Waals surface area contributed by atoms with Crippen molar-refractivity contribution < 1.29 is 0 Å². The largest absolute Gasteiger partial charge is 0.329 e. The van der Waals surface area contributed by atoms with E-state index >= 15 is 0 Å². The second-order valence-electron chi connectivity index (χ2n) is 5.69. The van der Waals surface area contributed by atoms with Crippen molar-refractivity contribution >= 4 is 0 Å². The van der Waals surface area contributed by atoms with E-state index in [2.05, 4.69) is 36.1 Å². The molecule has 0 amide bonds.